The first-order valence-corrected chi connectivity index (χ1v) is 8.76. The number of carboxylic acid groups (broad SMARTS) is 1. The Morgan fingerprint density at radius 1 is 1.32 bits per heavy atom. The van der Waals surface area contributed by atoms with Crippen molar-refractivity contribution in [2.75, 3.05) is 6.61 Å². The van der Waals surface area contributed by atoms with Crippen LogP contribution in [0.25, 0.3) is 10.9 Å². The molecule has 0 aliphatic rings. The van der Waals surface area contributed by atoms with E-state index in [0.717, 1.165) is 22.0 Å². The maximum atomic E-state index is 10.5. The Bertz CT molecular complexity index is 1070. The van der Waals surface area contributed by atoms with Crippen molar-refractivity contribution in [2.24, 2.45) is 5.16 Å². The van der Waals surface area contributed by atoms with E-state index in [1.165, 1.54) is 6.21 Å². The third-order valence-corrected chi connectivity index (χ3v) is 4.32. The third kappa shape index (κ3) is 4.64. The predicted octanol–water partition coefficient (Wildman–Crippen LogP) is 3.94. The fourth-order valence-corrected chi connectivity index (χ4v) is 2.88. The van der Waals surface area contributed by atoms with Gasteiger partial charge in [0.2, 0.25) is 6.61 Å². The van der Waals surface area contributed by atoms with Crippen LogP contribution in [0.4, 0.5) is 0 Å². The van der Waals surface area contributed by atoms with Crippen LogP contribution in [-0.2, 0) is 22.8 Å². The van der Waals surface area contributed by atoms with Gasteiger partial charge in [-0.2, -0.15) is 0 Å². The summed E-state index contributed by atoms with van der Waals surface area (Å²) in [6.07, 6.45) is 8.72. The Labute approximate surface area is 166 Å². The predicted molar refractivity (Wildman–Crippen MR) is 108 cm³/mol. The summed E-state index contributed by atoms with van der Waals surface area (Å²) >= 11 is 6.17. The van der Waals surface area contributed by atoms with Crippen molar-refractivity contribution in [3.63, 3.8) is 0 Å². The number of nitrogens with zero attached hydrogens (tertiary/aromatic N) is 2. The van der Waals surface area contributed by atoms with Gasteiger partial charge in [0.25, 0.3) is 0 Å². The zero-order valence-electron chi connectivity index (χ0n) is 14.8. The standard InChI is InChI=1S/C21H17ClN2O4/c1-2-9-24-12-16(11-23-28-14-21(25)26)18-10-17(7-8-20(18)24)27-13-15-5-3-4-6-19(15)22/h1,3-8,10-12H,9,13-14H2,(H,25,26). The van der Waals surface area contributed by atoms with E-state index in [2.05, 4.69) is 11.1 Å². The monoisotopic (exact) mass is 396 g/mol. The molecule has 0 fully saturated rings. The summed E-state index contributed by atoms with van der Waals surface area (Å²) in [4.78, 5) is 15.3. The number of carboxylic acids is 1. The van der Waals surface area contributed by atoms with Gasteiger partial charge in [-0.25, -0.2) is 4.79 Å². The van der Waals surface area contributed by atoms with Crippen LogP contribution < -0.4 is 4.74 Å². The van der Waals surface area contributed by atoms with Crippen molar-refractivity contribution in [3.8, 4) is 18.1 Å². The van der Waals surface area contributed by atoms with E-state index in [0.29, 0.717) is 23.9 Å². The molecule has 1 aromatic heterocycles. The lowest BCUT2D eigenvalue weighted by atomic mass is 10.2. The van der Waals surface area contributed by atoms with Crippen molar-refractivity contribution in [1.29, 1.82) is 0 Å². The van der Waals surface area contributed by atoms with Crippen LogP contribution >= 0.6 is 11.6 Å². The fraction of sp³-hybridized carbons (Fsp3) is 0.143. The minimum Gasteiger partial charge on any atom is -0.489 e. The number of carbonyl (C=O) groups is 1. The molecule has 1 heterocycles. The molecule has 7 heteroatoms. The molecule has 0 atom stereocenters. The van der Waals surface area contributed by atoms with E-state index < -0.39 is 12.6 Å². The second-order valence-electron chi connectivity index (χ2n) is 5.88. The number of hydrogen-bond donors (Lipinski definition) is 1. The number of benzene rings is 2. The number of oxime groups is 1. The van der Waals surface area contributed by atoms with Gasteiger partial charge in [0.15, 0.2) is 0 Å². The summed E-state index contributed by atoms with van der Waals surface area (Å²) < 4.78 is 7.77. The van der Waals surface area contributed by atoms with Crippen LogP contribution in [0.3, 0.4) is 0 Å². The maximum absolute atomic E-state index is 10.5. The zero-order valence-corrected chi connectivity index (χ0v) is 15.6. The lowest BCUT2D eigenvalue weighted by Gasteiger charge is -2.08. The molecular weight excluding hydrogens is 380 g/mol. The Balaban J connectivity index is 1.85. The normalized spacial score (nSPS) is 10.9. The highest BCUT2D eigenvalue weighted by atomic mass is 35.5. The number of rotatable bonds is 8. The molecular formula is C21H17ClN2O4. The van der Waals surface area contributed by atoms with E-state index in [4.69, 9.17) is 32.7 Å². The summed E-state index contributed by atoms with van der Waals surface area (Å²) in [5.74, 6) is 2.17. The van der Waals surface area contributed by atoms with Gasteiger partial charge >= 0.3 is 5.97 Å². The van der Waals surface area contributed by atoms with Gasteiger partial charge in [-0.3, -0.25) is 0 Å². The topological polar surface area (TPSA) is 73.1 Å². The minimum atomic E-state index is -1.10. The first kappa shape index (κ1) is 19.3. The molecule has 0 spiro atoms. The van der Waals surface area contributed by atoms with E-state index in [9.17, 15) is 4.79 Å². The van der Waals surface area contributed by atoms with Gasteiger partial charge in [-0.15, -0.1) is 6.42 Å². The summed E-state index contributed by atoms with van der Waals surface area (Å²) in [5, 5.41) is 13.8. The van der Waals surface area contributed by atoms with Crippen molar-refractivity contribution in [2.45, 2.75) is 13.2 Å². The molecule has 0 radical (unpaired) electrons. The molecule has 1 N–H and O–H groups in total. The van der Waals surface area contributed by atoms with Crippen LogP contribution in [-0.4, -0.2) is 28.5 Å². The molecule has 3 aromatic rings. The SMILES string of the molecule is C#CCn1cc(C=NOCC(=O)O)c2cc(OCc3ccccc3Cl)ccc21. The van der Waals surface area contributed by atoms with Gasteiger partial charge in [0.05, 0.1) is 12.8 Å². The van der Waals surface area contributed by atoms with Gasteiger partial charge in [0.1, 0.15) is 12.4 Å². The summed E-state index contributed by atoms with van der Waals surface area (Å²) in [5.41, 5.74) is 2.53. The second kappa shape index (κ2) is 8.98. The number of ether oxygens (including phenoxy) is 1. The lowest BCUT2D eigenvalue weighted by molar-refractivity contribution is -0.142. The van der Waals surface area contributed by atoms with E-state index in [1.54, 1.807) is 0 Å². The van der Waals surface area contributed by atoms with E-state index in [1.807, 2.05) is 53.2 Å². The van der Waals surface area contributed by atoms with Gasteiger partial charge in [-0.05, 0) is 24.3 Å². The molecule has 2 aromatic carbocycles. The quantitative estimate of drug-likeness (QED) is 0.355. The average molecular weight is 397 g/mol. The molecule has 3 rings (SSSR count). The largest absolute Gasteiger partial charge is 0.489 e. The maximum Gasteiger partial charge on any atom is 0.344 e. The van der Waals surface area contributed by atoms with Crippen molar-refractivity contribution >= 4 is 34.7 Å². The van der Waals surface area contributed by atoms with Crippen molar-refractivity contribution in [1.82, 2.24) is 4.57 Å². The fourth-order valence-electron chi connectivity index (χ4n) is 2.69. The minimum absolute atomic E-state index is 0.335. The summed E-state index contributed by atoms with van der Waals surface area (Å²) in [6.45, 7) is 0.216. The highest BCUT2D eigenvalue weighted by molar-refractivity contribution is 6.31. The Morgan fingerprint density at radius 3 is 2.89 bits per heavy atom. The molecule has 0 amide bonds. The van der Waals surface area contributed by atoms with Crippen molar-refractivity contribution in [3.05, 3.63) is 64.8 Å². The third-order valence-electron chi connectivity index (χ3n) is 3.95. The number of aromatic nitrogens is 1. The molecule has 0 saturated carbocycles. The van der Waals surface area contributed by atoms with E-state index in [-0.39, 0.29) is 0 Å². The molecule has 0 aliphatic carbocycles. The molecule has 28 heavy (non-hydrogen) atoms. The van der Waals surface area contributed by atoms with Crippen LogP contribution in [0.2, 0.25) is 5.02 Å². The molecule has 6 nitrogen and oxygen atoms in total. The summed E-state index contributed by atoms with van der Waals surface area (Å²) in [7, 11) is 0. The average Bonchev–Trinajstić information content (AvgIpc) is 3.02. The number of fused-ring (bicyclic) bond motifs is 1. The van der Waals surface area contributed by atoms with Gasteiger partial charge < -0.3 is 19.2 Å². The van der Waals surface area contributed by atoms with Gasteiger partial charge in [-0.1, -0.05) is 40.9 Å². The van der Waals surface area contributed by atoms with Crippen LogP contribution in [0.15, 0.2) is 53.8 Å². The first-order chi connectivity index (χ1) is 13.6. The van der Waals surface area contributed by atoms with Crippen LogP contribution in [0.5, 0.6) is 5.75 Å². The van der Waals surface area contributed by atoms with Crippen LogP contribution in [0.1, 0.15) is 11.1 Å². The van der Waals surface area contributed by atoms with Crippen molar-refractivity contribution < 1.29 is 19.5 Å². The lowest BCUT2D eigenvalue weighted by Crippen LogP contribution is -2.03. The first-order valence-electron chi connectivity index (χ1n) is 8.38. The van der Waals surface area contributed by atoms with Gasteiger partial charge in [0, 0.05) is 33.2 Å². The van der Waals surface area contributed by atoms with Crippen LogP contribution in [0, 0.1) is 12.3 Å². The molecule has 0 unspecified atom stereocenters. The number of terminal acetylenes is 1. The summed E-state index contributed by atoms with van der Waals surface area (Å²) in [6, 6.07) is 13.1. The molecule has 0 bridgehead atoms. The molecule has 0 aliphatic heterocycles. The number of aliphatic carboxylic acids is 1. The second-order valence-corrected chi connectivity index (χ2v) is 6.28. The Morgan fingerprint density at radius 2 is 2.14 bits per heavy atom. The highest BCUT2D eigenvalue weighted by Crippen LogP contribution is 2.26. The number of hydrogen-bond acceptors (Lipinski definition) is 4. The van der Waals surface area contributed by atoms with E-state index >= 15 is 0 Å². The smallest absolute Gasteiger partial charge is 0.344 e. The Kier molecular flexibility index (Phi) is 6.20. The molecule has 0 saturated heterocycles. The zero-order chi connectivity index (χ0) is 19.9. The number of halogens is 1. The highest BCUT2D eigenvalue weighted by Gasteiger charge is 2.09. The Hall–Kier alpha value is -3.43. The molecule has 142 valence electrons.